The molecule has 1 aromatic rings. The van der Waals surface area contributed by atoms with Crippen LogP contribution in [0.15, 0.2) is 24.3 Å². The predicted molar refractivity (Wildman–Crippen MR) is 72.9 cm³/mol. The molecule has 0 saturated carbocycles. The molecule has 5 heteroatoms. The molecule has 0 aliphatic rings. The summed E-state index contributed by atoms with van der Waals surface area (Å²) in [7, 11) is 1.70. The van der Waals surface area contributed by atoms with Gasteiger partial charge in [-0.15, -0.1) is 12.4 Å². The van der Waals surface area contributed by atoms with Crippen LogP contribution in [0.3, 0.4) is 0 Å². The SMILES string of the molecule is CC(C)[C@@H](N)C(=O)N(C)Cc1ccc(F)cc1.Cl. The van der Waals surface area contributed by atoms with Crippen molar-refractivity contribution >= 4 is 18.3 Å². The molecular formula is C13H20ClFN2O. The summed E-state index contributed by atoms with van der Waals surface area (Å²) in [6.45, 7) is 4.27. The van der Waals surface area contributed by atoms with E-state index in [9.17, 15) is 9.18 Å². The maximum absolute atomic E-state index is 12.7. The predicted octanol–water partition coefficient (Wildman–Crippen LogP) is 2.19. The fraction of sp³-hybridized carbons (Fsp3) is 0.462. The van der Waals surface area contributed by atoms with Crippen LogP contribution in [0.5, 0.6) is 0 Å². The third-order valence-corrected chi connectivity index (χ3v) is 2.71. The van der Waals surface area contributed by atoms with Crippen molar-refractivity contribution in [1.82, 2.24) is 4.90 Å². The minimum Gasteiger partial charge on any atom is -0.340 e. The normalized spacial score (nSPS) is 11.9. The van der Waals surface area contributed by atoms with Crippen molar-refractivity contribution < 1.29 is 9.18 Å². The summed E-state index contributed by atoms with van der Waals surface area (Å²) in [6, 6.07) is 5.62. The number of nitrogens with two attached hydrogens (primary N) is 1. The quantitative estimate of drug-likeness (QED) is 0.915. The van der Waals surface area contributed by atoms with E-state index in [2.05, 4.69) is 0 Å². The largest absolute Gasteiger partial charge is 0.340 e. The van der Waals surface area contributed by atoms with E-state index in [1.54, 1.807) is 24.1 Å². The second-order valence-electron chi connectivity index (χ2n) is 4.59. The van der Waals surface area contributed by atoms with Crippen molar-refractivity contribution in [2.24, 2.45) is 11.7 Å². The molecule has 1 amide bonds. The fourth-order valence-electron chi connectivity index (χ4n) is 1.48. The van der Waals surface area contributed by atoms with Gasteiger partial charge in [0.25, 0.3) is 0 Å². The molecule has 0 spiro atoms. The van der Waals surface area contributed by atoms with Gasteiger partial charge in [0.15, 0.2) is 0 Å². The molecule has 3 nitrogen and oxygen atoms in total. The van der Waals surface area contributed by atoms with Crippen LogP contribution in [0.2, 0.25) is 0 Å². The molecule has 0 heterocycles. The number of amides is 1. The first-order valence-corrected chi connectivity index (χ1v) is 5.67. The number of halogens is 2. The van der Waals surface area contributed by atoms with Gasteiger partial charge in [-0.2, -0.15) is 0 Å². The first-order chi connectivity index (χ1) is 7.91. The van der Waals surface area contributed by atoms with E-state index in [0.29, 0.717) is 6.54 Å². The van der Waals surface area contributed by atoms with Crippen LogP contribution < -0.4 is 5.73 Å². The molecule has 0 unspecified atom stereocenters. The molecule has 18 heavy (non-hydrogen) atoms. The smallest absolute Gasteiger partial charge is 0.239 e. The molecule has 0 saturated heterocycles. The van der Waals surface area contributed by atoms with E-state index in [1.165, 1.54) is 12.1 Å². The molecule has 0 fully saturated rings. The molecule has 0 aromatic heterocycles. The second kappa shape index (κ2) is 7.34. The molecule has 1 rings (SSSR count). The Morgan fingerprint density at radius 2 is 1.83 bits per heavy atom. The number of hydrogen-bond acceptors (Lipinski definition) is 2. The topological polar surface area (TPSA) is 46.3 Å². The summed E-state index contributed by atoms with van der Waals surface area (Å²) in [4.78, 5) is 13.4. The molecule has 0 aliphatic carbocycles. The Morgan fingerprint density at radius 1 is 1.33 bits per heavy atom. The highest BCUT2D eigenvalue weighted by atomic mass is 35.5. The van der Waals surface area contributed by atoms with Crippen molar-refractivity contribution in [3.8, 4) is 0 Å². The van der Waals surface area contributed by atoms with E-state index in [4.69, 9.17) is 5.73 Å². The van der Waals surface area contributed by atoms with Crippen molar-refractivity contribution in [3.63, 3.8) is 0 Å². The standard InChI is InChI=1S/C13H19FN2O.ClH/c1-9(2)12(15)13(17)16(3)8-10-4-6-11(14)7-5-10;/h4-7,9,12H,8,15H2,1-3H3;1H/t12-;/m1./s1. The lowest BCUT2D eigenvalue weighted by Crippen LogP contribution is -2.44. The van der Waals surface area contributed by atoms with Crippen LogP contribution in [0.4, 0.5) is 4.39 Å². The van der Waals surface area contributed by atoms with Gasteiger partial charge in [0.1, 0.15) is 5.82 Å². The van der Waals surface area contributed by atoms with Gasteiger partial charge in [0, 0.05) is 13.6 Å². The van der Waals surface area contributed by atoms with Gasteiger partial charge < -0.3 is 10.6 Å². The highest BCUT2D eigenvalue weighted by Crippen LogP contribution is 2.08. The zero-order valence-electron chi connectivity index (χ0n) is 10.9. The van der Waals surface area contributed by atoms with Gasteiger partial charge in [-0.25, -0.2) is 4.39 Å². The Hall–Kier alpha value is -1.13. The number of carbonyl (C=O) groups excluding carboxylic acids is 1. The van der Waals surface area contributed by atoms with Crippen molar-refractivity contribution in [3.05, 3.63) is 35.6 Å². The first-order valence-electron chi connectivity index (χ1n) is 5.67. The summed E-state index contributed by atoms with van der Waals surface area (Å²) in [5.41, 5.74) is 6.67. The van der Waals surface area contributed by atoms with Crippen LogP contribution in [0.25, 0.3) is 0 Å². The maximum atomic E-state index is 12.7. The molecule has 1 aromatic carbocycles. The Bertz CT molecular complexity index is 381. The van der Waals surface area contributed by atoms with E-state index >= 15 is 0 Å². The van der Waals surface area contributed by atoms with E-state index < -0.39 is 6.04 Å². The fourth-order valence-corrected chi connectivity index (χ4v) is 1.48. The number of benzene rings is 1. The van der Waals surface area contributed by atoms with Crippen LogP contribution in [0, 0.1) is 11.7 Å². The zero-order valence-corrected chi connectivity index (χ0v) is 11.7. The Kier molecular flexibility index (Phi) is 6.88. The number of carbonyl (C=O) groups is 1. The molecular weight excluding hydrogens is 255 g/mol. The average molecular weight is 275 g/mol. The molecule has 0 radical (unpaired) electrons. The van der Waals surface area contributed by atoms with E-state index in [-0.39, 0.29) is 30.0 Å². The summed E-state index contributed by atoms with van der Waals surface area (Å²) in [5, 5.41) is 0. The van der Waals surface area contributed by atoms with Gasteiger partial charge >= 0.3 is 0 Å². The van der Waals surface area contributed by atoms with E-state index in [0.717, 1.165) is 5.56 Å². The lowest BCUT2D eigenvalue weighted by atomic mass is 10.0. The number of rotatable bonds is 4. The van der Waals surface area contributed by atoms with Crippen molar-refractivity contribution in [2.75, 3.05) is 7.05 Å². The monoisotopic (exact) mass is 274 g/mol. The first kappa shape index (κ1) is 16.9. The van der Waals surface area contributed by atoms with Gasteiger partial charge in [0.05, 0.1) is 6.04 Å². The minimum absolute atomic E-state index is 0. The van der Waals surface area contributed by atoms with E-state index in [1.807, 2.05) is 13.8 Å². The molecule has 1 atom stereocenters. The summed E-state index contributed by atoms with van der Waals surface area (Å²) >= 11 is 0. The third kappa shape index (κ3) is 4.63. The van der Waals surface area contributed by atoms with Crippen LogP contribution in [0.1, 0.15) is 19.4 Å². The lowest BCUT2D eigenvalue weighted by Gasteiger charge is -2.23. The third-order valence-electron chi connectivity index (χ3n) is 2.71. The Balaban J connectivity index is 0.00000289. The summed E-state index contributed by atoms with van der Waals surface area (Å²) in [6.07, 6.45) is 0. The molecule has 0 bridgehead atoms. The summed E-state index contributed by atoms with van der Waals surface area (Å²) in [5.74, 6) is -0.260. The molecule has 2 N–H and O–H groups in total. The minimum atomic E-state index is -0.486. The van der Waals surface area contributed by atoms with Crippen LogP contribution in [-0.2, 0) is 11.3 Å². The van der Waals surface area contributed by atoms with Gasteiger partial charge in [-0.3, -0.25) is 4.79 Å². The van der Waals surface area contributed by atoms with Gasteiger partial charge in [-0.1, -0.05) is 26.0 Å². The second-order valence-corrected chi connectivity index (χ2v) is 4.59. The summed E-state index contributed by atoms with van der Waals surface area (Å²) < 4.78 is 12.7. The van der Waals surface area contributed by atoms with Crippen LogP contribution in [-0.4, -0.2) is 23.9 Å². The van der Waals surface area contributed by atoms with Crippen molar-refractivity contribution in [1.29, 1.82) is 0 Å². The average Bonchev–Trinajstić information content (AvgIpc) is 2.30. The van der Waals surface area contributed by atoms with Crippen LogP contribution >= 0.6 is 12.4 Å². The highest BCUT2D eigenvalue weighted by molar-refractivity contribution is 5.85. The number of hydrogen-bond donors (Lipinski definition) is 1. The highest BCUT2D eigenvalue weighted by Gasteiger charge is 2.20. The Morgan fingerprint density at radius 3 is 2.28 bits per heavy atom. The zero-order chi connectivity index (χ0) is 13.0. The van der Waals surface area contributed by atoms with Gasteiger partial charge in [-0.05, 0) is 23.6 Å². The maximum Gasteiger partial charge on any atom is 0.239 e. The van der Waals surface area contributed by atoms with Gasteiger partial charge in [0.2, 0.25) is 5.91 Å². The molecule has 102 valence electrons. The van der Waals surface area contributed by atoms with Crippen molar-refractivity contribution in [2.45, 2.75) is 26.4 Å². The molecule has 0 aliphatic heterocycles. The number of nitrogens with zero attached hydrogens (tertiary/aromatic N) is 1. The number of likely N-dealkylation sites (N-methyl/N-ethyl adjacent to an activating group) is 1. The lowest BCUT2D eigenvalue weighted by molar-refractivity contribution is -0.132. The Labute approximate surface area is 114 Å².